The number of aromatic nitrogens is 1. The molecule has 4 rings (SSSR count). The van der Waals surface area contributed by atoms with Crippen LogP contribution in [-0.4, -0.2) is 59.0 Å². The van der Waals surface area contributed by atoms with Gasteiger partial charge in [-0.25, -0.2) is 0 Å². The summed E-state index contributed by atoms with van der Waals surface area (Å²) in [7, 11) is 1.62. The topological polar surface area (TPSA) is 105 Å². The first kappa shape index (κ1) is 30.3. The highest BCUT2D eigenvalue weighted by Crippen LogP contribution is 2.37. The minimum absolute atomic E-state index is 0.0539. The van der Waals surface area contributed by atoms with E-state index in [1.807, 2.05) is 31.2 Å². The molecule has 0 bridgehead atoms. The molecular formula is C30H34N4O5S2. The van der Waals surface area contributed by atoms with Crippen molar-refractivity contribution in [3.63, 3.8) is 0 Å². The highest BCUT2D eigenvalue weighted by Gasteiger charge is 2.34. The average Bonchev–Trinajstić information content (AvgIpc) is 3.25. The quantitative estimate of drug-likeness (QED) is 0.239. The molecule has 0 spiro atoms. The second-order valence-corrected chi connectivity index (χ2v) is 11.5. The Morgan fingerprint density at radius 1 is 1.20 bits per heavy atom. The fraction of sp³-hybridized carbons (Fsp3) is 0.433. The van der Waals surface area contributed by atoms with Gasteiger partial charge >= 0.3 is 5.97 Å². The van der Waals surface area contributed by atoms with Crippen molar-refractivity contribution in [2.24, 2.45) is 5.92 Å². The molecule has 2 fully saturated rings. The van der Waals surface area contributed by atoms with Gasteiger partial charge in [0.1, 0.15) is 27.5 Å². The van der Waals surface area contributed by atoms with Crippen molar-refractivity contribution in [2.75, 3.05) is 38.3 Å². The van der Waals surface area contributed by atoms with Gasteiger partial charge in [0.15, 0.2) is 0 Å². The molecular weight excluding hydrogens is 560 g/mol. The summed E-state index contributed by atoms with van der Waals surface area (Å²) >= 11 is 6.80. The average molecular weight is 595 g/mol. The summed E-state index contributed by atoms with van der Waals surface area (Å²) in [6.07, 6.45) is 3.56. The lowest BCUT2D eigenvalue weighted by molar-refractivity contribution is -0.148. The maximum absolute atomic E-state index is 13.5. The number of hydrogen-bond acceptors (Lipinski definition) is 9. The summed E-state index contributed by atoms with van der Waals surface area (Å²) in [5.74, 6) is 0.823. The van der Waals surface area contributed by atoms with Crippen LogP contribution >= 0.6 is 24.0 Å². The molecule has 0 unspecified atom stereocenters. The number of anilines is 1. The standard InChI is InChI=1S/C30H34N4O5S2/c1-5-33-26(32-14-12-21(13-15-32)29(37)39-6-2)23(19(3)24(18-31)27(33)35)17-25-28(36)34(30(40)41-25)16-11-20-7-9-22(38-4)10-8-20/h7-10,17,21H,5-6,11-16H2,1-4H3. The van der Waals surface area contributed by atoms with Crippen LogP contribution in [0.1, 0.15) is 48.9 Å². The summed E-state index contributed by atoms with van der Waals surface area (Å²) in [5.41, 5.74) is 1.92. The second-order valence-electron chi connectivity index (χ2n) is 9.84. The third-order valence-corrected chi connectivity index (χ3v) is 8.89. The predicted octanol–water partition coefficient (Wildman–Crippen LogP) is 4.28. The maximum atomic E-state index is 13.5. The van der Waals surface area contributed by atoms with Gasteiger partial charge in [0.25, 0.3) is 11.5 Å². The van der Waals surface area contributed by atoms with Crippen LogP contribution in [0.2, 0.25) is 0 Å². The molecule has 216 valence electrons. The summed E-state index contributed by atoms with van der Waals surface area (Å²) in [4.78, 5) is 43.3. The summed E-state index contributed by atoms with van der Waals surface area (Å²) in [5, 5.41) is 9.84. The number of hydrogen-bond donors (Lipinski definition) is 0. The number of rotatable bonds is 9. The number of piperidine rings is 1. The van der Waals surface area contributed by atoms with Gasteiger partial charge in [0.2, 0.25) is 0 Å². The van der Waals surface area contributed by atoms with E-state index < -0.39 is 0 Å². The SMILES string of the molecule is CCOC(=O)C1CCN(c2c(C=C3SC(=S)N(CCc4ccc(OC)cc4)C3=O)c(C)c(C#N)c(=O)n2CC)CC1. The number of ether oxygens (including phenoxy) is 2. The first-order chi connectivity index (χ1) is 19.7. The Hall–Kier alpha value is -3.62. The van der Waals surface area contributed by atoms with E-state index in [1.165, 1.54) is 11.8 Å². The number of nitriles is 1. The van der Waals surface area contributed by atoms with Crippen molar-refractivity contribution in [1.82, 2.24) is 9.47 Å². The fourth-order valence-corrected chi connectivity index (χ4v) is 6.51. The molecule has 11 heteroatoms. The lowest BCUT2D eigenvalue weighted by atomic mass is 9.95. The monoisotopic (exact) mass is 594 g/mol. The van der Waals surface area contributed by atoms with Crippen LogP contribution in [0, 0.1) is 24.2 Å². The first-order valence-electron chi connectivity index (χ1n) is 13.7. The van der Waals surface area contributed by atoms with Crippen molar-refractivity contribution in [3.05, 3.63) is 61.8 Å². The molecule has 0 radical (unpaired) electrons. The summed E-state index contributed by atoms with van der Waals surface area (Å²) in [6.45, 7) is 7.59. The molecule has 0 saturated carbocycles. The van der Waals surface area contributed by atoms with Crippen LogP contribution in [0.4, 0.5) is 5.82 Å². The molecule has 0 N–H and O–H groups in total. The number of thiocarbonyl (C=S) groups is 1. The minimum atomic E-state index is -0.362. The number of nitrogens with zero attached hydrogens (tertiary/aromatic N) is 4. The van der Waals surface area contributed by atoms with Crippen molar-refractivity contribution in [3.8, 4) is 11.8 Å². The van der Waals surface area contributed by atoms with E-state index in [-0.39, 0.29) is 28.9 Å². The molecule has 1 amide bonds. The van der Waals surface area contributed by atoms with Gasteiger partial charge in [0, 0.05) is 31.7 Å². The van der Waals surface area contributed by atoms with Gasteiger partial charge in [-0.3, -0.25) is 23.9 Å². The fourth-order valence-electron chi connectivity index (χ4n) is 5.22. The Bertz CT molecular complexity index is 1470. The van der Waals surface area contributed by atoms with Crippen LogP contribution in [0.25, 0.3) is 6.08 Å². The number of methoxy groups -OCH3 is 1. The predicted molar refractivity (Wildman–Crippen MR) is 164 cm³/mol. The molecule has 1 aromatic heterocycles. The van der Waals surface area contributed by atoms with Gasteiger partial charge < -0.3 is 14.4 Å². The minimum Gasteiger partial charge on any atom is -0.497 e. The van der Waals surface area contributed by atoms with Crippen molar-refractivity contribution in [1.29, 1.82) is 5.26 Å². The Morgan fingerprint density at radius 3 is 2.46 bits per heavy atom. The normalized spacial score (nSPS) is 16.8. The molecule has 3 heterocycles. The Labute approximate surface area is 249 Å². The third-order valence-electron chi connectivity index (χ3n) is 7.51. The third kappa shape index (κ3) is 6.34. The summed E-state index contributed by atoms with van der Waals surface area (Å²) in [6, 6.07) is 9.76. The number of esters is 1. The number of benzene rings is 1. The van der Waals surface area contributed by atoms with E-state index in [1.54, 1.807) is 36.5 Å². The second kappa shape index (κ2) is 13.4. The highest BCUT2D eigenvalue weighted by molar-refractivity contribution is 8.26. The Morgan fingerprint density at radius 2 is 1.88 bits per heavy atom. The van der Waals surface area contributed by atoms with Gasteiger partial charge in [0.05, 0.1) is 24.5 Å². The molecule has 0 aliphatic carbocycles. The molecule has 1 aromatic carbocycles. The van der Waals surface area contributed by atoms with Crippen molar-refractivity contribution in [2.45, 2.75) is 46.6 Å². The van der Waals surface area contributed by atoms with Crippen LogP contribution in [0.3, 0.4) is 0 Å². The van der Waals surface area contributed by atoms with E-state index in [0.29, 0.717) is 78.2 Å². The van der Waals surface area contributed by atoms with Gasteiger partial charge in [-0.2, -0.15) is 5.26 Å². The van der Waals surface area contributed by atoms with Crippen LogP contribution in [0.15, 0.2) is 34.0 Å². The number of amides is 1. The summed E-state index contributed by atoms with van der Waals surface area (Å²) < 4.78 is 12.5. The van der Waals surface area contributed by atoms with E-state index >= 15 is 0 Å². The molecule has 0 atom stereocenters. The zero-order valence-corrected chi connectivity index (χ0v) is 25.4. The van der Waals surface area contributed by atoms with Gasteiger partial charge in [-0.05, 0) is 69.4 Å². The molecule has 2 aromatic rings. The number of pyridine rings is 1. The number of thioether (sulfide) groups is 1. The smallest absolute Gasteiger partial charge is 0.309 e. The Balaban J connectivity index is 1.66. The zero-order valence-electron chi connectivity index (χ0n) is 23.8. The highest BCUT2D eigenvalue weighted by atomic mass is 32.2. The van der Waals surface area contributed by atoms with Crippen LogP contribution < -0.4 is 15.2 Å². The lowest BCUT2D eigenvalue weighted by Gasteiger charge is -2.35. The van der Waals surface area contributed by atoms with Crippen molar-refractivity contribution >= 4 is 52.1 Å². The maximum Gasteiger partial charge on any atom is 0.309 e. The lowest BCUT2D eigenvalue weighted by Crippen LogP contribution is -2.41. The largest absolute Gasteiger partial charge is 0.497 e. The number of carbonyl (C=O) groups excluding carboxylic acids is 2. The number of carbonyl (C=O) groups is 2. The van der Waals surface area contributed by atoms with Crippen molar-refractivity contribution < 1.29 is 19.1 Å². The molecule has 2 saturated heterocycles. The van der Waals surface area contributed by atoms with E-state index in [2.05, 4.69) is 11.0 Å². The van der Waals surface area contributed by atoms with E-state index in [4.69, 9.17) is 21.7 Å². The first-order valence-corrected chi connectivity index (χ1v) is 14.9. The van der Waals surface area contributed by atoms with E-state index in [9.17, 15) is 19.6 Å². The zero-order chi connectivity index (χ0) is 29.7. The van der Waals surface area contributed by atoms with Crippen LogP contribution in [-0.2, 0) is 27.3 Å². The molecule has 41 heavy (non-hydrogen) atoms. The Kier molecular flexibility index (Phi) is 9.89. The van der Waals surface area contributed by atoms with E-state index in [0.717, 1.165) is 11.3 Å². The van der Waals surface area contributed by atoms with Gasteiger partial charge in [-0.15, -0.1) is 0 Å². The van der Waals surface area contributed by atoms with Gasteiger partial charge in [-0.1, -0.05) is 36.1 Å². The molecule has 2 aliphatic rings. The molecule has 2 aliphatic heterocycles. The van der Waals surface area contributed by atoms with Crippen LogP contribution in [0.5, 0.6) is 5.75 Å². The molecule has 9 nitrogen and oxygen atoms in total.